The summed E-state index contributed by atoms with van der Waals surface area (Å²) in [5, 5.41) is 19.5. The molecule has 0 radical (unpaired) electrons. The highest BCUT2D eigenvalue weighted by Crippen LogP contribution is 2.21. The predicted molar refractivity (Wildman–Crippen MR) is 74.1 cm³/mol. The van der Waals surface area contributed by atoms with Crippen LogP contribution in [0.15, 0.2) is 22.7 Å². The molecule has 0 aromatic heterocycles. The molecule has 3 heteroatoms. The van der Waals surface area contributed by atoms with Gasteiger partial charge in [-0.25, -0.2) is 0 Å². The molecular weight excluding hydrogens is 280 g/mol. The summed E-state index contributed by atoms with van der Waals surface area (Å²) < 4.78 is 1.10. The van der Waals surface area contributed by atoms with Gasteiger partial charge in [0.25, 0.3) is 0 Å². The van der Waals surface area contributed by atoms with Crippen LogP contribution in [-0.2, 0) is 6.42 Å². The number of aliphatic hydroxyl groups is 2. The summed E-state index contributed by atoms with van der Waals surface area (Å²) in [4.78, 5) is 0. The van der Waals surface area contributed by atoms with Crippen LogP contribution in [-0.4, -0.2) is 22.4 Å². The number of hydrogen-bond donors (Lipinski definition) is 2. The van der Waals surface area contributed by atoms with Gasteiger partial charge in [-0.15, -0.1) is 0 Å². The van der Waals surface area contributed by atoms with Crippen LogP contribution in [0.3, 0.4) is 0 Å². The summed E-state index contributed by atoms with van der Waals surface area (Å²) in [5.74, 6) is 0. The summed E-state index contributed by atoms with van der Waals surface area (Å²) in [5.41, 5.74) is 2.44. The summed E-state index contributed by atoms with van der Waals surface area (Å²) in [6, 6.07) is 6.08. The minimum Gasteiger partial charge on any atom is -0.390 e. The molecule has 0 heterocycles. The smallest absolute Gasteiger partial charge is 0.0802 e. The van der Waals surface area contributed by atoms with E-state index in [0.29, 0.717) is 12.8 Å². The van der Waals surface area contributed by atoms with Crippen LogP contribution >= 0.6 is 15.9 Å². The highest BCUT2D eigenvalue weighted by molar-refractivity contribution is 9.10. The quantitative estimate of drug-likeness (QED) is 0.847. The number of aliphatic hydroxyl groups excluding tert-OH is 2. The lowest BCUT2D eigenvalue weighted by Crippen LogP contribution is -2.26. The molecule has 2 nitrogen and oxygen atoms in total. The van der Waals surface area contributed by atoms with Crippen LogP contribution in [0.5, 0.6) is 0 Å². The van der Waals surface area contributed by atoms with E-state index in [0.717, 1.165) is 17.3 Å². The van der Waals surface area contributed by atoms with Gasteiger partial charge in [-0.1, -0.05) is 41.4 Å². The molecule has 0 aliphatic rings. The molecule has 96 valence electrons. The third-order valence-corrected chi connectivity index (χ3v) is 3.98. The van der Waals surface area contributed by atoms with Crippen molar-refractivity contribution in [3.63, 3.8) is 0 Å². The number of halogens is 1. The first-order chi connectivity index (χ1) is 8.06. The van der Waals surface area contributed by atoms with Gasteiger partial charge in [0.05, 0.1) is 12.2 Å². The zero-order chi connectivity index (χ0) is 12.8. The van der Waals surface area contributed by atoms with Crippen LogP contribution < -0.4 is 0 Å². The van der Waals surface area contributed by atoms with Gasteiger partial charge in [-0.2, -0.15) is 0 Å². The van der Waals surface area contributed by atoms with Crippen molar-refractivity contribution in [2.45, 2.75) is 51.7 Å². The maximum atomic E-state index is 9.81. The van der Waals surface area contributed by atoms with E-state index in [1.54, 1.807) is 0 Å². The molecule has 0 spiro atoms. The second kappa shape index (κ2) is 7.14. The van der Waals surface area contributed by atoms with Crippen molar-refractivity contribution in [3.8, 4) is 0 Å². The fraction of sp³-hybridized carbons (Fsp3) is 0.571. The third kappa shape index (κ3) is 4.41. The van der Waals surface area contributed by atoms with E-state index in [-0.39, 0.29) is 0 Å². The van der Waals surface area contributed by atoms with Gasteiger partial charge in [0.2, 0.25) is 0 Å². The molecular formula is C14H21BrO2. The number of hydrogen-bond acceptors (Lipinski definition) is 2. The van der Waals surface area contributed by atoms with Gasteiger partial charge in [0, 0.05) is 4.47 Å². The van der Waals surface area contributed by atoms with Crippen molar-refractivity contribution in [1.82, 2.24) is 0 Å². The highest BCUT2D eigenvalue weighted by Gasteiger charge is 2.15. The molecule has 0 amide bonds. The Balaban J connectivity index is 2.52. The largest absolute Gasteiger partial charge is 0.390 e. The van der Waals surface area contributed by atoms with Crippen LogP contribution in [0, 0.1) is 6.92 Å². The molecule has 2 N–H and O–H groups in total. The van der Waals surface area contributed by atoms with Gasteiger partial charge in [0.1, 0.15) is 0 Å². The second-order valence-electron chi connectivity index (χ2n) is 4.49. The molecule has 0 bridgehead atoms. The lowest BCUT2D eigenvalue weighted by molar-refractivity contribution is 0.00979. The fourth-order valence-electron chi connectivity index (χ4n) is 1.91. The van der Waals surface area contributed by atoms with Crippen molar-refractivity contribution >= 4 is 15.9 Å². The summed E-state index contributed by atoms with van der Waals surface area (Å²) in [6.45, 7) is 4.07. The molecule has 2 atom stereocenters. The van der Waals surface area contributed by atoms with Gasteiger partial charge in [-0.05, 0) is 43.4 Å². The molecule has 0 saturated carbocycles. The maximum Gasteiger partial charge on any atom is 0.0802 e. The minimum absolute atomic E-state index is 0.590. The molecule has 0 saturated heterocycles. The average Bonchev–Trinajstić information content (AvgIpc) is 2.31. The van der Waals surface area contributed by atoms with Crippen molar-refractivity contribution in [3.05, 3.63) is 33.8 Å². The molecule has 1 aromatic carbocycles. The molecule has 0 fully saturated rings. The lowest BCUT2D eigenvalue weighted by atomic mass is 9.98. The van der Waals surface area contributed by atoms with Crippen molar-refractivity contribution in [1.29, 1.82) is 0 Å². The van der Waals surface area contributed by atoms with Crippen LogP contribution in [0.1, 0.15) is 37.3 Å². The van der Waals surface area contributed by atoms with Crippen molar-refractivity contribution in [2.75, 3.05) is 0 Å². The van der Waals surface area contributed by atoms with Gasteiger partial charge in [0.15, 0.2) is 0 Å². The zero-order valence-corrected chi connectivity index (χ0v) is 12.1. The molecule has 1 aromatic rings. The Hall–Kier alpha value is -0.380. The topological polar surface area (TPSA) is 40.5 Å². The minimum atomic E-state index is -0.617. The van der Waals surface area contributed by atoms with E-state index in [9.17, 15) is 10.2 Å². The van der Waals surface area contributed by atoms with E-state index in [4.69, 9.17) is 0 Å². The van der Waals surface area contributed by atoms with E-state index < -0.39 is 12.2 Å². The van der Waals surface area contributed by atoms with E-state index in [1.165, 1.54) is 11.1 Å². The van der Waals surface area contributed by atoms with Gasteiger partial charge in [-0.3, -0.25) is 0 Å². The SMILES string of the molecule is CCCC(O)C(O)CCc1cccc(Br)c1C. The van der Waals surface area contributed by atoms with Gasteiger partial charge < -0.3 is 10.2 Å². The standard InChI is InChI=1S/C14H21BrO2/c1-3-5-13(16)14(17)9-8-11-6-4-7-12(15)10(11)2/h4,6-7,13-14,16-17H,3,5,8-9H2,1-2H3. The number of benzene rings is 1. The normalized spacial score (nSPS) is 14.6. The predicted octanol–water partition coefficient (Wildman–Crippen LogP) is 3.21. The first-order valence-corrected chi connectivity index (χ1v) is 6.95. The maximum absolute atomic E-state index is 9.81. The molecule has 1 rings (SSSR count). The lowest BCUT2D eigenvalue weighted by Gasteiger charge is -2.17. The summed E-state index contributed by atoms with van der Waals surface area (Å²) in [6.07, 6.45) is 1.76. The Morgan fingerprint density at radius 1 is 1.18 bits per heavy atom. The van der Waals surface area contributed by atoms with E-state index >= 15 is 0 Å². The van der Waals surface area contributed by atoms with E-state index in [1.807, 2.05) is 19.1 Å². The Morgan fingerprint density at radius 2 is 1.82 bits per heavy atom. The summed E-state index contributed by atoms with van der Waals surface area (Å²) >= 11 is 3.49. The van der Waals surface area contributed by atoms with E-state index in [2.05, 4.69) is 28.9 Å². The third-order valence-electron chi connectivity index (χ3n) is 3.12. The van der Waals surface area contributed by atoms with Gasteiger partial charge >= 0.3 is 0 Å². The highest BCUT2D eigenvalue weighted by atomic mass is 79.9. The second-order valence-corrected chi connectivity index (χ2v) is 5.34. The molecule has 17 heavy (non-hydrogen) atoms. The Bertz CT molecular complexity index is 352. The number of rotatable bonds is 6. The Kier molecular flexibility index (Phi) is 6.17. The first-order valence-electron chi connectivity index (χ1n) is 6.16. The Morgan fingerprint density at radius 3 is 2.47 bits per heavy atom. The molecule has 0 aliphatic heterocycles. The van der Waals surface area contributed by atoms with Crippen LogP contribution in [0.2, 0.25) is 0 Å². The van der Waals surface area contributed by atoms with Crippen LogP contribution in [0.4, 0.5) is 0 Å². The fourth-order valence-corrected chi connectivity index (χ4v) is 2.31. The van der Waals surface area contributed by atoms with Crippen LogP contribution in [0.25, 0.3) is 0 Å². The monoisotopic (exact) mass is 300 g/mol. The van der Waals surface area contributed by atoms with Crippen molar-refractivity contribution in [2.24, 2.45) is 0 Å². The molecule has 2 unspecified atom stereocenters. The average molecular weight is 301 g/mol. The first kappa shape index (κ1) is 14.7. The number of aryl methyl sites for hydroxylation is 1. The van der Waals surface area contributed by atoms with Crippen molar-refractivity contribution < 1.29 is 10.2 Å². The molecule has 0 aliphatic carbocycles. The Labute approximate surface area is 112 Å². The zero-order valence-electron chi connectivity index (χ0n) is 10.5. The summed E-state index contributed by atoms with van der Waals surface area (Å²) in [7, 11) is 0.